The van der Waals surface area contributed by atoms with Gasteiger partial charge in [-0.15, -0.1) is 0 Å². The van der Waals surface area contributed by atoms with E-state index in [0.717, 1.165) is 36.8 Å². The highest BCUT2D eigenvalue weighted by Gasteiger charge is 2.29. The molecule has 1 aliphatic heterocycles. The zero-order valence-electron chi connectivity index (χ0n) is 16.0. The molecule has 1 fully saturated rings. The summed E-state index contributed by atoms with van der Waals surface area (Å²) in [6.07, 6.45) is 3.57. The molecule has 0 spiro atoms. The zero-order valence-corrected chi connectivity index (χ0v) is 16.0. The smallest absolute Gasteiger partial charge is 0.127 e. The van der Waals surface area contributed by atoms with E-state index in [9.17, 15) is 0 Å². The van der Waals surface area contributed by atoms with Gasteiger partial charge < -0.3 is 14.2 Å². The normalized spacial score (nSPS) is 17.7. The number of likely N-dealkylation sites (tertiary alicyclic amines) is 1. The van der Waals surface area contributed by atoms with Crippen molar-refractivity contribution in [1.82, 2.24) is 4.90 Å². The van der Waals surface area contributed by atoms with Crippen LogP contribution in [-0.2, 0) is 6.54 Å². The fourth-order valence-corrected chi connectivity index (χ4v) is 3.81. The van der Waals surface area contributed by atoms with Crippen molar-refractivity contribution in [3.05, 3.63) is 53.6 Å². The summed E-state index contributed by atoms with van der Waals surface area (Å²) in [5.74, 6) is 2.75. The van der Waals surface area contributed by atoms with E-state index in [1.165, 1.54) is 24.0 Å². The second-order valence-corrected chi connectivity index (χ2v) is 6.64. The summed E-state index contributed by atoms with van der Waals surface area (Å²) in [7, 11) is 3.47. The first-order valence-corrected chi connectivity index (χ1v) is 9.43. The van der Waals surface area contributed by atoms with Gasteiger partial charge in [0.05, 0.1) is 26.4 Å². The molecule has 0 amide bonds. The Morgan fingerprint density at radius 3 is 2.27 bits per heavy atom. The fourth-order valence-electron chi connectivity index (χ4n) is 3.81. The summed E-state index contributed by atoms with van der Waals surface area (Å²) in [6.45, 7) is 4.70. The Morgan fingerprint density at radius 1 is 0.962 bits per heavy atom. The van der Waals surface area contributed by atoms with Gasteiger partial charge in [-0.05, 0) is 56.1 Å². The number of hydrogen-bond donors (Lipinski definition) is 0. The Hall–Kier alpha value is -2.20. The molecule has 2 aromatic carbocycles. The third-order valence-corrected chi connectivity index (χ3v) is 5.03. The summed E-state index contributed by atoms with van der Waals surface area (Å²) < 4.78 is 16.9. The molecule has 1 unspecified atom stereocenters. The molecule has 1 saturated heterocycles. The Kier molecular flexibility index (Phi) is 6.40. The van der Waals surface area contributed by atoms with Gasteiger partial charge in [-0.2, -0.15) is 0 Å². The van der Waals surface area contributed by atoms with E-state index in [4.69, 9.17) is 14.2 Å². The van der Waals surface area contributed by atoms with Crippen LogP contribution in [0.25, 0.3) is 0 Å². The number of hydrogen-bond acceptors (Lipinski definition) is 4. The van der Waals surface area contributed by atoms with Crippen LogP contribution in [0.3, 0.4) is 0 Å². The quantitative estimate of drug-likeness (QED) is 0.712. The minimum atomic E-state index is 0.307. The second kappa shape index (κ2) is 8.95. The molecule has 26 heavy (non-hydrogen) atoms. The van der Waals surface area contributed by atoms with Crippen molar-refractivity contribution < 1.29 is 14.2 Å². The summed E-state index contributed by atoms with van der Waals surface area (Å²) in [4.78, 5) is 2.54. The lowest BCUT2D eigenvalue weighted by Crippen LogP contribution is -2.33. The number of rotatable bonds is 7. The number of ether oxygens (including phenoxy) is 3. The van der Waals surface area contributed by atoms with E-state index in [-0.39, 0.29) is 0 Å². The standard InChI is InChI=1S/C22H29NO3/c1-4-26-18-13-11-17(12-14-18)16-23-15-6-5-8-19(23)22-20(24-2)9-7-10-21(22)25-3/h7,9-14,19H,4-6,8,15-16H2,1-3H3. The maximum atomic E-state index is 5.66. The second-order valence-electron chi connectivity index (χ2n) is 6.64. The van der Waals surface area contributed by atoms with Crippen molar-refractivity contribution in [3.8, 4) is 17.2 Å². The first kappa shape index (κ1) is 18.6. The molecular formula is C22H29NO3. The van der Waals surface area contributed by atoms with Crippen LogP contribution in [0, 0.1) is 0 Å². The van der Waals surface area contributed by atoms with Crippen LogP contribution in [0.15, 0.2) is 42.5 Å². The number of benzene rings is 2. The van der Waals surface area contributed by atoms with Crippen LogP contribution in [0.5, 0.6) is 17.2 Å². The maximum Gasteiger partial charge on any atom is 0.127 e. The lowest BCUT2D eigenvalue weighted by molar-refractivity contribution is 0.135. The maximum absolute atomic E-state index is 5.66. The van der Waals surface area contributed by atoms with Crippen LogP contribution < -0.4 is 14.2 Å². The molecule has 0 aromatic heterocycles. The van der Waals surface area contributed by atoms with E-state index >= 15 is 0 Å². The number of piperidine rings is 1. The first-order valence-electron chi connectivity index (χ1n) is 9.43. The van der Waals surface area contributed by atoms with Crippen LogP contribution in [-0.4, -0.2) is 32.3 Å². The van der Waals surface area contributed by atoms with Gasteiger partial charge in [0, 0.05) is 12.6 Å². The molecule has 0 radical (unpaired) electrons. The molecule has 1 heterocycles. The molecule has 0 N–H and O–H groups in total. The van der Waals surface area contributed by atoms with E-state index < -0.39 is 0 Å². The molecule has 1 aliphatic rings. The van der Waals surface area contributed by atoms with E-state index in [1.807, 2.05) is 25.1 Å². The van der Waals surface area contributed by atoms with Crippen molar-refractivity contribution in [2.45, 2.75) is 38.8 Å². The zero-order chi connectivity index (χ0) is 18.4. The van der Waals surface area contributed by atoms with Gasteiger partial charge in [0.15, 0.2) is 0 Å². The fraction of sp³-hybridized carbons (Fsp3) is 0.455. The molecular weight excluding hydrogens is 326 g/mol. The molecule has 4 nitrogen and oxygen atoms in total. The van der Waals surface area contributed by atoms with Gasteiger partial charge in [-0.25, -0.2) is 0 Å². The van der Waals surface area contributed by atoms with Crippen LogP contribution >= 0.6 is 0 Å². The summed E-state index contributed by atoms with van der Waals surface area (Å²) in [5.41, 5.74) is 2.47. The van der Waals surface area contributed by atoms with Crippen LogP contribution in [0.2, 0.25) is 0 Å². The predicted octanol–water partition coefficient (Wildman–Crippen LogP) is 4.83. The third kappa shape index (κ3) is 4.13. The minimum absolute atomic E-state index is 0.307. The lowest BCUT2D eigenvalue weighted by atomic mass is 9.93. The molecule has 0 aliphatic carbocycles. The highest BCUT2D eigenvalue weighted by atomic mass is 16.5. The molecule has 4 heteroatoms. The van der Waals surface area contributed by atoms with Crippen molar-refractivity contribution in [1.29, 1.82) is 0 Å². The molecule has 0 bridgehead atoms. The van der Waals surface area contributed by atoms with E-state index in [2.05, 4.69) is 29.2 Å². The van der Waals surface area contributed by atoms with Gasteiger partial charge in [0.2, 0.25) is 0 Å². The minimum Gasteiger partial charge on any atom is -0.496 e. The van der Waals surface area contributed by atoms with Gasteiger partial charge in [0.1, 0.15) is 17.2 Å². The van der Waals surface area contributed by atoms with Crippen molar-refractivity contribution >= 4 is 0 Å². The largest absolute Gasteiger partial charge is 0.496 e. The first-order chi connectivity index (χ1) is 12.8. The van der Waals surface area contributed by atoms with Crippen molar-refractivity contribution in [3.63, 3.8) is 0 Å². The third-order valence-electron chi connectivity index (χ3n) is 5.03. The highest BCUT2D eigenvalue weighted by molar-refractivity contribution is 5.47. The van der Waals surface area contributed by atoms with E-state index in [1.54, 1.807) is 14.2 Å². The Labute approximate surface area is 156 Å². The topological polar surface area (TPSA) is 30.9 Å². The number of nitrogens with zero attached hydrogens (tertiary/aromatic N) is 1. The molecule has 140 valence electrons. The van der Waals surface area contributed by atoms with Gasteiger partial charge in [0.25, 0.3) is 0 Å². The molecule has 1 atom stereocenters. The highest BCUT2D eigenvalue weighted by Crippen LogP contribution is 2.42. The van der Waals surface area contributed by atoms with Crippen molar-refractivity contribution in [2.75, 3.05) is 27.4 Å². The molecule has 3 rings (SSSR count). The summed E-state index contributed by atoms with van der Waals surface area (Å²) >= 11 is 0. The average Bonchev–Trinajstić information content (AvgIpc) is 2.69. The van der Waals surface area contributed by atoms with Gasteiger partial charge in [-0.3, -0.25) is 4.90 Å². The SMILES string of the molecule is CCOc1ccc(CN2CCCCC2c2c(OC)cccc2OC)cc1. The Bertz CT molecular complexity index is 677. The monoisotopic (exact) mass is 355 g/mol. The van der Waals surface area contributed by atoms with Gasteiger partial charge in [-0.1, -0.05) is 24.6 Å². The van der Waals surface area contributed by atoms with Crippen LogP contribution in [0.1, 0.15) is 43.4 Å². The van der Waals surface area contributed by atoms with Gasteiger partial charge >= 0.3 is 0 Å². The predicted molar refractivity (Wildman–Crippen MR) is 104 cm³/mol. The van der Waals surface area contributed by atoms with E-state index in [0.29, 0.717) is 12.6 Å². The average molecular weight is 355 g/mol. The lowest BCUT2D eigenvalue weighted by Gasteiger charge is -2.37. The summed E-state index contributed by atoms with van der Waals surface area (Å²) in [5, 5.41) is 0. The van der Waals surface area contributed by atoms with Crippen molar-refractivity contribution in [2.24, 2.45) is 0 Å². The Morgan fingerprint density at radius 2 is 1.65 bits per heavy atom. The Balaban J connectivity index is 1.84. The molecule has 0 saturated carbocycles. The van der Waals surface area contributed by atoms with Crippen LogP contribution in [0.4, 0.5) is 0 Å². The summed E-state index contributed by atoms with van der Waals surface area (Å²) in [6, 6.07) is 14.8. The number of methoxy groups -OCH3 is 2. The molecule has 2 aromatic rings.